The lowest BCUT2D eigenvalue weighted by molar-refractivity contribution is 0.0667. The van der Waals surface area contributed by atoms with Gasteiger partial charge in [-0.15, -0.1) is 0 Å². The Kier molecular flexibility index (Phi) is 6.98. The number of amides is 2. The Hall–Kier alpha value is -3.72. The van der Waals surface area contributed by atoms with Crippen LogP contribution in [0.5, 0.6) is 0 Å². The van der Waals surface area contributed by atoms with Gasteiger partial charge in [0, 0.05) is 37.0 Å². The Morgan fingerprint density at radius 3 is 1.98 bits per heavy atom. The summed E-state index contributed by atoms with van der Waals surface area (Å²) in [6.07, 6.45) is 5.04. The highest BCUT2D eigenvalue weighted by Crippen LogP contribution is 2.55. The second-order valence-electron chi connectivity index (χ2n) is 11.7. The number of sulfone groups is 1. The molecule has 0 saturated carbocycles. The van der Waals surface area contributed by atoms with Crippen LogP contribution in [0.25, 0.3) is 5.57 Å². The molecular formula is C31H34N2O6S. The van der Waals surface area contributed by atoms with Gasteiger partial charge >= 0.3 is 5.97 Å². The van der Waals surface area contributed by atoms with Crippen LogP contribution in [0.15, 0.2) is 66.3 Å². The van der Waals surface area contributed by atoms with Crippen LogP contribution in [0.1, 0.15) is 63.8 Å². The van der Waals surface area contributed by atoms with Crippen LogP contribution in [0.4, 0.5) is 0 Å². The van der Waals surface area contributed by atoms with Crippen LogP contribution < -0.4 is 0 Å². The number of fused-ring (bicyclic) bond motifs is 1. The number of carboxylic acid groups (broad SMARTS) is 1. The first-order valence-electron chi connectivity index (χ1n) is 13.5. The van der Waals surface area contributed by atoms with E-state index in [9.17, 15) is 27.9 Å². The lowest BCUT2D eigenvalue weighted by Crippen LogP contribution is -2.49. The van der Waals surface area contributed by atoms with E-state index < -0.39 is 15.8 Å². The third-order valence-corrected chi connectivity index (χ3v) is 10.2. The number of carboxylic acids is 1. The minimum atomic E-state index is -3.13. The number of carbonyl (C=O) groups excluding carboxylic acids is 2. The molecule has 5 rings (SSSR count). The SMILES string of the molecule is CC1(C)C(c2ccc(C(=O)O)cc2)=CC[C@]2(C)CN(C(=O)c3ccccc3C(=O)N3CCS(=O)(=O)CC3)CC=C12. The van der Waals surface area contributed by atoms with Crippen molar-refractivity contribution in [2.45, 2.75) is 27.2 Å². The van der Waals surface area contributed by atoms with Crippen LogP contribution in [0.3, 0.4) is 0 Å². The second kappa shape index (κ2) is 10.0. The van der Waals surface area contributed by atoms with Crippen molar-refractivity contribution in [2.75, 3.05) is 37.7 Å². The summed E-state index contributed by atoms with van der Waals surface area (Å²) in [5.41, 5.74) is 3.59. The summed E-state index contributed by atoms with van der Waals surface area (Å²) >= 11 is 0. The number of hydrogen-bond acceptors (Lipinski definition) is 5. The average Bonchev–Trinajstić information content (AvgIpc) is 2.92. The van der Waals surface area contributed by atoms with E-state index in [-0.39, 0.29) is 52.8 Å². The molecule has 1 fully saturated rings. The molecule has 0 unspecified atom stereocenters. The first-order valence-corrected chi connectivity index (χ1v) is 15.3. The number of allylic oxidation sites excluding steroid dienone is 2. The molecule has 0 bridgehead atoms. The van der Waals surface area contributed by atoms with Crippen LogP contribution >= 0.6 is 0 Å². The Labute approximate surface area is 234 Å². The number of carbonyl (C=O) groups is 3. The van der Waals surface area contributed by atoms with Gasteiger partial charge in [-0.05, 0) is 41.8 Å². The number of benzene rings is 2. The van der Waals surface area contributed by atoms with E-state index in [2.05, 4.69) is 32.9 Å². The van der Waals surface area contributed by atoms with E-state index in [1.165, 1.54) is 10.5 Å². The predicted octanol–water partition coefficient (Wildman–Crippen LogP) is 4.16. The molecule has 210 valence electrons. The van der Waals surface area contributed by atoms with Crippen LogP contribution in [-0.4, -0.2) is 78.8 Å². The van der Waals surface area contributed by atoms with E-state index in [0.717, 1.165) is 11.1 Å². The molecule has 3 aliphatic rings. The van der Waals surface area contributed by atoms with Crippen LogP contribution in [0, 0.1) is 10.8 Å². The summed E-state index contributed by atoms with van der Waals surface area (Å²) in [6.45, 7) is 7.64. The zero-order chi connectivity index (χ0) is 28.9. The molecule has 0 spiro atoms. The quantitative estimate of drug-likeness (QED) is 0.560. The molecule has 2 aromatic carbocycles. The Balaban J connectivity index is 1.38. The van der Waals surface area contributed by atoms with Crippen LogP contribution in [-0.2, 0) is 9.84 Å². The van der Waals surface area contributed by atoms with E-state index in [4.69, 9.17) is 0 Å². The fourth-order valence-corrected chi connectivity index (χ4v) is 7.67. The maximum atomic E-state index is 13.8. The third kappa shape index (κ3) is 4.98. The largest absolute Gasteiger partial charge is 0.478 e. The molecule has 2 aliphatic heterocycles. The van der Waals surface area contributed by atoms with Gasteiger partial charge in [-0.25, -0.2) is 13.2 Å². The van der Waals surface area contributed by atoms with Crippen molar-refractivity contribution in [1.29, 1.82) is 0 Å². The lowest BCUT2D eigenvalue weighted by Gasteiger charge is -2.50. The minimum Gasteiger partial charge on any atom is -0.478 e. The molecule has 8 nitrogen and oxygen atoms in total. The summed E-state index contributed by atoms with van der Waals surface area (Å²) < 4.78 is 23.7. The van der Waals surface area contributed by atoms with Gasteiger partial charge in [0.15, 0.2) is 9.84 Å². The fourth-order valence-electron chi connectivity index (χ4n) is 6.47. The van der Waals surface area contributed by atoms with Gasteiger partial charge in [-0.1, -0.05) is 62.8 Å². The van der Waals surface area contributed by atoms with E-state index in [1.807, 2.05) is 12.1 Å². The summed E-state index contributed by atoms with van der Waals surface area (Å²) in [4.78, 5) is 41.8. The average molecular weight is 563 g/mol. The molecule has 2 aromatic rings. The summed E-state index contributed by atoms with van der Waals surface area (Å²) in [5.74, 6) is -1.63. The topological polar surface area (TPSA) is 112 Å². The van der Waals surface area contributed by atoms with E-state index >= 15 is 0 Å². The standard InChI is InChI=1S/C31H34N2O6S/c1-30(2)25(21-8-10-22(11-9-21)29(36)37)12-14-31(3)20-33(15-13-26(30)31)28(35)24-7-5-4-6-23(24)27(34)32-16-18-40(38,39)19-17-32/h4-13H,14-20H2,1-3H3,(H,36,37)/t31-/m1/s1. The fraction of sp³-hybridized carbons (Fsp3) is 0.387. The smallest absolute Gasteiger partial charge is 0.335 e. The van der Waals surface area contributed by atoms with Crippen molar-refractivity contribution >= 4 is 33.2 Å². The first kappa shape index (κ1) is 27.8. The summed E-state index contributed by atoms with van der Waals surface area (Å²) in [7, 11) is -3.13. The normalized spacial score (nSPS) is 23.5. The zero-order valence-electron chi connectivity index (χ0n) is 23.0. The molecule has 9 heteroatoms. The lowest BCUT2D eigenvalue weighted by atomic mass is 9.58. The molecule has 2 heterocycles. The van der Waals surface area contributed by atoms with Gasteiger partial charge in [0.05, 0.1) is 28.2 Å². The van der Waals surface area contributed by atoms with Gasteiger partial charge in [-0.3, -0.25) is 9.59 Å². The van der Waals surface area contributed by atoms with Gasteiger partial charge in [0.1, 0.15) is 0 Å². The van der Waals surface area contributed by atoms with Crippen LogP contribution in [0.2, 0.25) is 0 Å². The highest BCUT2D eigenvalue weighted by molar-refractivity contribution is 7.91. The second-order valence-corrected chi connectivity index (χ2v) is 14.0. The highest BCUT2D eigenvalue weighted by atomic mass is 32.2. The van der Waals surface area contributed by atoms with E-state index in [0.29, 0.717) is 30.6 Å². The molecule has 1 atom stereocenters. The first-order chi connectivity index (χ1) is 18.8. The molecule has 0 radical (unpaired) electrons. The van der Waals surface area contributed by atoms with Crippen molar-refractivity contribution < 1.29 is 27.9 Å². The predicted molar refractivity (Wildman–Crippen MR) is 153 cm³/mol. The molecule has 2 amide bonds. The number of hydrogen-bond donors (Lipinski definition) is 1. The maximum Gasteiger partial charge on any atom is 0.335 e. The third-order valence-electron chi connectivity index (χ3n) is 8.56. The molecule has 1 N–H and O–H groups in total. The molecule has 0 aromatic heterocycles. The molecule has 40 heavy (non-hydrogen) atoms. The summed E-state index contributed by atoms with van der Waals surface area (Å²) in [6, 6.07) is 13.7. The Bertz CT molecular complexity index is 1540. The molecule has 1 saturated heterocycles. The maximum absolute atomic E-state index is 13.8. The monoisotopic (exact) mass is 562 g/mol. The van der Waals surface area contributed by atoms with Gasteiger partial charge in [0.2, 0.25) is 0 Å². The highest BCUT2D eigenvalue weighted by Gasteiger charge is 2.46. The van der Waals surface area contributed by atoms with Crippen molar-refractivity contribution in [3.05, 3.63) is 88.5 Å². The zero-order valence-corrected chi connectivity index (χ0v) is 23.8. The van der Waals surface area contributed by atoms with Gasteiger partial charge < -0.3 is 14.9 Å². The van der Waals surface area contributed by atoms with Crippen molar-refractivity contribution in [3.8, 4) is 0 Å². The van der Waals surface area contributed by atoms with Gasteiger partial charge in [-0.2, -0.15) is 0 Å². The minimum absolute atomic E-state index is 0.0676. The number of rotatable bonds is 4. The van der Waals surface area contributed by atoms with Crippen molar-refractivity contribution in [2.24, 2.45) is 10.8 Å². The van der Waals surface area contributed by atoms with Crippen molar-refractivity contribution in [3.63, 3.8) is 0 Å². The Morgan fingerprint density at radius 1 is 0.825 bits per heavy atom. The number of nitrogens with zero attached hydrogens (tertiary/aromatic N) is 2. The summed E-state index contributed by atoms with van der Waals surface area (Å²) in [5, 5.41) is 9.26. The van der Waals surface area contributed by atoms with E-state index in [1.54, 1.807) is 41.3 Å². The Morgan fingerprint density at radius 2 is 1.40 bits per heavy atom. The van der Waals surface area contributed by atoms with Crippen molar-refractivity contribution in [1.82, 2.24) is 9.80 Å². The van der Waals surface area contributed by atoms with Gasteiger partial charge in [0.25, 0.3) is 11.8 Å². The number of aromatic carboxylic acids is 1. The molecule has 1 aliphatic carbocycles. The molecular weight excluding hydrogens is 528 g/mol.